The molecule has 2 aromatic heterocycles. The van der Waals surface area contributed by atoms with Gasteiger partial charge in [0.25, 0.3) is 0 Å². The maximum Gasteiger partial charge on any atom is 0.419 e. The maximum absolute atomic E-state index is 12.8. The van der Waals surface area contributed by atoms with Crippen molar-refractivity contribution in [1.29, 1.82) is 0 Å². The van der Waals surface area contributed by atoms with E-state index in [0.29, 0.717) is 17.8 Å². The van der Waals surface area contributed by atoms with Crippen LogP contribution in [0.5, 0.6) is 5.88 Å². The zero-order chi connectivity index (χ0) is 16.2. The van der Waals surface area contributed by atoms with Crippen LogP contribution in [0.2, 0.25) is 0 Å². The third-order valence-electron chi connectivity index (χ3n) is 2.84. The minimum Gasteiger partial charge on any atom is -0.477 e. The molecule has 0 aromatic carbocycles. The van der Waals surface area contributed by atoms with Gasteiger partial charge in [-0.15, -0.1) is 0 Å². The van der Waals surface area contributed by atoms with Crippen molar-refractivity contribution in [3.05, 3.63) is 24.5 Å². The summed E-state index contributed by atoms with van der Waals surface area (Å²) in [4.78, 5) is 11.7. The molecule has 6 nitrogen and oxygen atoms in total. The molecule has 0 fully saturated rings. The number of aromatic nitrogens is 5. The molecule has 0 aliphatic heterocycles. The van der Waals surface area contributed by atoms with E-state index in [1.807, 2.05) is 0 Å². The van der Waals surface area contributed by atoms with Gasteiger partial charge in [-0.3, -0.25) is 0 Å². The van der Waals surface area contributed by atoms with E-state index in [1.165, 1.54) is 23.7 Å². The van der Waals surface area contributed by atoms with Gasteiger partial charge in [-0.2, -0.15) is 18.3 Å². The Morgan fingerprint density at radius 2 is 2.05 bits per heavy atom. The van der Waals surface area contributed by atoms with Crippen LogP contribution in [-0.4, -0.2) is 43.7 Å². The predicted octanol–water partition coefficient (Wildman–Crippen LogP) is 2.29. The van der Waals surface area contributed by atoms with Crippen LogP contribution in [0.3, 0.4) is 0 Å². The molecule has 2 heterocycles. The molecule has 0 N–H and O–H groups in total. The lowest BCUT2D eigenvalue weighted by Gasteiger charge is -2.14. The quantitative estimate of drug-likeness (QED) is 0.764. The Bertz CT molecular complexity index is 602. The van der Waals surface area contributed by atoms with Crippen molar-refractivity contribution in [2.45, 2.75) is 32.1 Å². The molecule has 120 valence electrons. The van der Waals surface area contributed by atoms with Gasteiger partial charge in [0.15, 0.2) is 12.0 Å². The first-order valence-corrected chi connectivity index (χ1v) is 6.46. The first kappa shape index (κ1) is 16.1. The molecule has 2 aromatic rings. The highest BCUT2D eigenvalue weighted by Crippen LogP contribution is 2.26. The van der Waals surface area contributed by atoms with E-state index in [1.54, 1.807) is 6.92 Å². The van der Waals surface area contributed by atoms with Crippen LogP contribution in [0.15, 0.2) is 19.0 Å². The van der Waals surface area contributed by atoms with Crippen molar-refractivity contribution in [3.63, 3.8) is 0 Å². The topological polar surface area (TPSA) is 65.7 Å². The summed E-state index contributed by atoms with van der Waals surface area (Å²) >= 11 is 0. The molecule has 0 radical (unpaired) electrons. The van der Waals surface area contributed by atoms with Crippen LogP contribution in [0.4, 0.5) is 17.6 Å². The van der Waals surface area contributed by atoms with Gasteiger partial charge < -0.3 is 4.74 Å². The van der Waals surface area contributed by atoms with Crippen molar-refractivity contribution >= 4 is 0 Å². The van der Waals surface area contributed by atoms with Crippen LogP contribution >= 0.6 is 0 Å². The van der Waals surface area contributed by atoms with Gasteiger partial charge in [0, 0.05) is 6.42 Å². The fourth-order valence-electron chi connectivity index (χ4n) is 1.76. The van der Waals surface area contributed by atoms with Gasteiger partial charge in [0.05, 0.1) is 12.2 Å². The van der Waals surface area contributed by atoms with Gasteiger partial charge in [-0.05, 0) is 6.42 Å². The fourth-order valence-corrected chi connectivity index (χ4v) is 1.76. The van der Waals surface area contributed by atoms with Crippen molar-refractivity contribution in [1.82, 2.24) is 24.7 Å². The summed E-state index contributed by atoms with van der Waals surface area (Å²) in [5, 5.41) is 3.93. The Kier molecular flexibility index (Phi) is 4.88. The summed E-state index contributed by atoms with van der Waals surface area (Å²) < 4.78 is 55.7. The Labute approximate surface area is 123 Å². The first-order valence-electron chi connectivity index (χ1n) is 6.46. The third-order valence-corrected chi connectivity index (χ3v) is 2.84. The van der Waals surface area contributed by atoms with Gasteiger partial charge in [-0.25, -0.2) is 24.0 Å². The van der Waals surface area contributed by atoms with Crippen molar-refractivity contribution < 1.29 is 22.3 Å². The Morgan fingerprint density at radius 1 is 1.27 bits per heavy atom. The standard InChI is InChI=1S/C12H13F4N5O/c1-2-8-10(21-7-17-5-20-21)18-6-19-11(8)22-4-3-9(13)12(14,15)16/h5-7,9H,2-4H2,1H3. The summed E-state index contributed by atoms with van der Waals surface area (Å²) in [5.41, 5.74) is 0.551. The van der Waals surface area contributed by atoms with E-state index in [-0.39, 0.29) is 5.88 Å². The number of ether oxygens (including phenoxy) is 1. The molecule has 0 bridgehead atoms. The summed E-state index contributed by atoms with van der Waals surface area (Å²) in [5.74, 6) is 0.523. The predicted molar refractivity (Wildman–Crippen MR) is 67.4 cm³/mol. The average molecular weight is 319 g/mol. The zero-order valence-electron chi connectivity index (χ0n) is 11.6. The summed E-state index contributed by atoms with van der Waals surface area (Å²) in [6, 6.07) is 0. The molecule has 0 saturated carbocycles. The van der Waals surface area contributed by atoms with Crippen LogP contribution in [0.1, 0.15) is 18.9 Å². The lowest BCUT2D eigenvalue weighted by Crippen LogP contribution is -2.26. The number of hydrogen-bond donors (Lipinski definition) is 0. The second kappa shape index (κ2) is 6.67. The Morgan fingerprint density at radius 3 is 2.64 bits per heavy atom. The number of rotatable bonds is 6. The molecule has 0 spiro atoms. The second-order valence-electron chi connectivity index (χ2n) is 4.32. The second-order valence-corrected chi connectivity index (χ2v) is 4.32. The van der Waals surface area contributed by atoms with Crippen LogP contribution in [-0.2, 0) is 6.42 Å². The number of hydrogen-bond acceptors (Lipinski definition) is 5. The molecular weight excluding hydrogens is 306 g/mol. The summed E-state index contributed by atoms with van der Waals surface area (Å²) in [6.45, 7) is 1.36. The lowest BCUT2D eigenvalue weighted by atomic mass is 10.2. The molecule has 0 saturated heterocycles. The zero-order valence-corrected chi connectivity index (χ0v) is 11.6. The number of halogens is 4. The van der Waals surface area contributed by atoms with E-state index in [4.69, 9.17) is 4.74 Å². The fraction of sp³-hybridized carbons (Fsp3) is 0.500. The number of alkyl halides is 4. The number of nitrogens with zero attached hydrogens (tertiary/aromatic N) is 5. The van der Waals surface area contributed by atoms with E-state index < -0.39 is 25.4 Å². The largest absolute Gasteiger partial charge is 0.477 e. The molecule has 10 heteroatoms. The van der Waals surface area contributed by atoms with E-state index in [0.717, 1.165) is 0 Å². The minimum atomic E-state index is -4.88. The maximum atomic E-state index is 12.8. The third kappa shape index (κ3) is 3.68. The van der Waals surface area contributed by atoms with Crippen molar-refractivity contribution in [2.75, 3.05) is 6.61 Å². The molecule has 0 aliphatic rings. The highest BCUT2D eigenvalue weighted by atomic mass is 19.4. The van der Waals surface area contributed by atoms with Gasteiger partial charge >= 0.3 is 6.18 Å². The van der Waals surface area contributed by atoms with E-state index in [2.05, 4.69) is 20.1 Å². The molecule has 1 atom stereocenters. The van der Waals surface area contributed by atoms with Gasteiger partial charge in [0.2, 0.25) is 5.88 Å². The Balaban J connectivity index is 2.10. The molecule has 0 amide bonds. The summed E-state index contributed by atoms with van der Waals surface area (Å²) in [7, 11) is 0. The van der Waals surface area contributed by atoms with Crippen LogP contribution < -0.4 is 4.74 Å². The van der Waals surface area contributed by atoms with E-state index >= 15 is 0 Å². The lowest BCUT2D eigenvalue weighted by molar-refractivity contribution is -0.183. The van der Waals surface area contributed by atoms with Crippen LogP contribution in [0, 0.1) is 0 Å². The average Bonchev–Trinajstić information content (AvgIpc) is 2.99. The van der Waals surface area contributed by atoms with Crippen molar-refractivity contribution in [2.24, 2.45) is 0 Å². The monoisotopic (exact) mass is 319 g/mol. The van der Waals surface area contributed by atoms with Crippen LogP contribution in [0.25, 0.3) is 5.82 Å². The highest BCUT2D eigenvalue weighted by Gasteiger charge is 2.39. The highest BCUT2D eigenvalue weighted by molar-refractivity contribution is 5.39. The first-order chi connectivity index (χ1) is 10.4. The Hall–Kier alpha value is -2.26. The van der Waals surface area contributed by atoms with Crippen molar-refractivity contribution in [3.8, 4) is 11.7 Å². The minimum absolute atomic E-state index is 0.109. The van der Waals surface area contributed by atoms with Gasteiger partial charge in [-0.1, -0.05) is 6.92 Å². The normalized spacial score (nSPS) is 13.1. The summed E-state index contributed by atoms with van der Waals surface area (Å²) in [6.07, 6.45) is -4.20. The van der Waals surface area contributed by atoms with Gasteiger partial charge in [0.1, 0.15) is 19.0 Å². The molecule has 1 unspecified atom stereocenters. The SMILES string of the molecule is CCc1c(OCCC(F)C(F)(F)F)ncnc1-n1cncn1. The smallest absolute Gasteiger partial charge is 0.419 e. The molecular formula is C12H13F4N5O. The van der Waals surface area contributed by atoms with E-state index in [9.17, 15) is 17.6 Å². The molecule has 2 rings (SSSR count). The molecule has 22 heavy (non-hydrogen) atoms. The molecule has 0 aliphatic carbocycles.